The fraction of sp³-hybridized carbons (Fsp3) is 0.533. The van der Waals surface area contributed by atoms with Gasteiger partial charge in [-0.1, -0.05) is 13.0 Å². The molecule has 1 amide bonds. The SMILES string of the molecule is CCC[NH+](Cc1nnc(-c2cccs2)o1)[C@H](C)C(=O)NCC. The predicted octanol–water partition coefficient (Wildman–Crippen LogP) is 1.12. The minimum atomic E-state index is -0.142. The van der Waals surface area contributed by atoms with Crippen molar-refractivity contribution in [1.82, 2.24) is 15.5 Å². The zero-order chi connectivity index (χ0) is 15.9. The largest absolute Gasteiger partial charge is 0.414 e. The van der Waals surface area contributed by atoms with Gasteiger partial charge in [-0.3, -0.25) is 4.79 Å². The van der Waals surface area contributed by atoms with Crippen molar-refractivity contribution in [2.75, 3.05) is 13.1 Å². The van der Waals surface area contributed by atoms with E-state index < -0.39 is 0 Å². The molecule has 7 heteroatoms. The van der Waals surface area contributed by atoms with Gasteiger partial charge in [0.25, 0.3) is 17.7 Å². The van der Waals surface area contributed by atoms with E-state index in [-0.39, 0.29) is 11.9 Å². The molecule has 0 aromatic carbocycles. The smallest absolute Gasteiger partial charge is 0.278 e. The second-order valence-corrected chi connectivity index (χ2v) is 6.13. The van der Waals surface area contributed by atoms with Crippen LogP contribution in [-0.2, 0) is 11.3 Å². The number of hydrogen-bond donors (Lipinski definition) is 2. The molecular formula is C15H23N4O2S+. The average Bonchev–Trinajstić information content (AvgIpc) is 3.17. The minimum absolute atomic E-state index is 0.0592. The number of carbonyl (C=O) groups excluding carboxylic acids is 1. The molecule has 0 bridgehead atoms. The molecule has 0 fully saturated rings. The summed E-state index contributed by atoms with van der Waals surface area (Å²) in [6.07, 6.45) is 0.991. The van der Waals surface area contributed by atoms with E-state index in [4.69, 9.17) is 4.42 Å². The maximum atomic E-state index is 12.0. The van der Waals surface area contributed by atoms with Crippen LogP contribution < -0.4 is 10.2 Å². The number of hydrogen-bond acceptors (Lipinski definition) is 5. The van der Waals surface area contributed by atoms with Gasteiger partial charge in [0.15, 0.2) is 12.6 Å². The first-order valence-corrected chi connectivity index (χ1v) is 8.52. The molecule has 6 nitrogen and oxygen atoms in total. The van der Waals surface area contributed by atoms with Crippen LogP contribution in [-0.4, -0.2) is 35.2 Å². The summed E-state index contributed by atoms with van der Waals surface area (Å²) in [5.41, 5.74) is 0. The van der Waals surface area contributed by atoms with E-state index in [1.807, 2.05) is 31.4 Å². The number of rotatable bonds is 8. The van der Waals surface area contributed by atoms with Gasteiger partial charge in [-0.15, -0.1) is 21.5 Å². The van der Waals surface area contributed by atoms with Crippen LogP contribution in [0.5, 0.6) is 0 Å². The van der Waals surface area contributed by atoms with Crippen molar-refractivity contribution in [2.45, 2.75) is 39.8 Å². The number of aromatic nitrogens is 2. The Bertz CT molecular complexity index is 582. The first kappa shape index (κ1) is 16.6. The topological polar surface area (TPSA) is 72.5 Å². The molecule has 0 saturated heterocycles. The quantitative estimate of drug-likeness (QED) is 0.763. The highest BCUT2D eigenvalue weighted by molar-refractivity contribution is 7.13. The lowest BCUT2D eigenvalue weighted by Crippen LogP contribution is -3.15. The molecule has 0 spiro atoms. The molecule has 2 rings (SSSR count). The third-order valence-corrected chi connectivity index (χ3v) is 4.36. The molecule has 22 heavy (non-hydrogen) atoms. The highest BCUT2D eigenvalue weighted by atomic mass is 32.1. The first-order valence-electron chi connectivity index (χ1n) is 7.64. The Hall–Kier alpha value is -1.73. The monoisotopic (exact) mass is 323 g/mol. The van der Waals surface area contributed by atoms with Crippen LogP contribution >= 0.6 is 11.3 Å². The number of amides is 1. The Morgan fingerprint density at radius 3 is 2.91 bits per heavy atom. The zero-order valence-corrected chi connectivity index (χ0v) is 14.1. The van der Waals surface area contributed by atoms with Gasteiger partial charge in [-0.2, -0.15) is 0 Å². The van der Waals surface area contributed by atoms with Gasteiger partial charge in [0.2, 0.25) is 0 Å². The standard InChI is InChI=1S/C15H22N4O2S/c1-4-8-19(11(3)14(20)16-5-2)10-13-17-18-15(21-13)12-7-6-9-22-12/h6-7,9,11H,4-5,8,10H2,1-3H3,(H,16,20)/p+1/t11-/m1/s1. The summed E-state index contributed by atoms with van der Waals surface area (Å²) in [6, 6.07) is 3.77. The molecule has 2 heterocycles. The number of thiophene rings is 1. The molecule has 2 N–H and O–H groups in total. The van der Waals surface area contributed by atoms with Crippen LogP contribution in [0.25, 0.3) is 10.8 Å². The molecule has 120 valence electrons. The predicted molar refractivity (Wildman–Crippen MR) is 85.6 cm³/mol. The molecule has 0 aliphatic heterocycles. The summed E-state index contributed by atoms with van der Waals surface area (Å²) in [5, 5.41) is 13.1. The molecular weight excluding hydrogens is 300 g/mol. The Kier molecular flexibility index (Phi) is 6.09. The fourth-order valence-corrected chi connectivity index (χ4v) is 2.96. The number of nitrogens with zero attached hydrogens (tertiary/aromatic N) is 2. The van der Waals surface area contributed by atoms with Gasteiger partial charge in [-0.25, -0.2) is 0 Å². The summed E-state index contributed by atoms with van der Waals surface area (Å²) in [7, 11) is 0. The third kappa shape index (κ3) is 4.14. The van der Waals surface area contributed by atoms with E-state index in [1.54, 1.807) is 11.3 Å². The van der Waals surface area contributed by atoms with E-state index in [1.165, 1.54) is 0 Å². The summed E-state index contributed by atoms with van der Waals surface area (Å²) < 4.78 is 5.73. The zero-order valence-electron chi connectivity index (χ0n) is 13.3. The number of carbonyl (C=O) groups is 1. The Morgan fingerprint density at radius 1 is 1.45 bits per heavy atom. The lowest BCUT2D eigenvalue weighted by atomic mass is 10.2. The maximum Gasteiger partial charge on any atom is 0.278 e. The number of quaternary nitrogens is 1. The van der Waals surface area contributed by atoms with Gasteiger partial charge in [0.1, 0.15) is 0 Å². The van der Waals surface area contributed by atoms with Crippen LogP contribution in [0.1, 0.15) is 33.1 Å². The van der Waals surface area contributed by atoms with Crippen molar-refractivity contribution < 1.29 is 14.1 Å². The molecule has 0 aliphatic rings. The highest BCUT2D eigenvalue weighted by Gasteiger charge is 2.26. The maximum absolute atomic E-state index is 12.0. The van der Waals surface area contributed by atoms with E-state index in [9.17, 15) is 4.79 Å². The molecule has 2 aromatic heterocycles. The Balaban J connectivity index is 2.06. The molecule has 2 aromatic rings. The Labute approximate surface area is 134 Å². The third-order valence-electron chi connectivity index (χ3n) is 3.50. The van der Waals surface area contributed by atoms with Crippen molar-refractivity contribution in [3.63, 3.8) is 0 Å². The normalized spacial score (nSPS) is 13.8. The van der Waals surface area contributed by atoms with E-state index in [2.05, 4.69) is 22.4 Å². The lowest BCUT2D eigenvalue weighted by molar-refractivity contribution is -0.929. The molecule has 0 saturated carbocycles. The summed E-state index contributed by atoms with van der Waals surface area (Å²) in [4.78, 5) is 14.1. The van der Waals surface area contributed by atoms with Crippen molar-refractivity contribution in [2.24, 2.45) is 0 Å². The number of likely N-dealkylation sites (N-methyl/N-ethyl adjacent to an activating group) is 1. The van der Waals surface area contributed by atoms with Crippen LogP contribution in [0.15, 0.2) is 21.9 Å². The van der Waals surface area contributed by atoms with E-state index >= 15 is 0 Å². The van der Waals surface area contributed by atoms with Crippen molar-refractivity contribution >= 4 is 17.2 Å². The molecule has 0 aliphatic carbocycles. The van der Waals surface area contributed by atoms with E-state index in [0.717, 1.165) is 22.7 Å². The van der Waals surface area contributed by atoms with Crippen molar-refractivity contribution in [3.05, 3.63) is 23.4 Å². The van der Waals surface area contributed by atoms with Gasteiger partial charge < -0.3 is 14.6 Å². The second kappa shape index (κ2) is 8.05. The van der Waals surface area contributed by atoms with Gasteiger partial charge in [-0.05, 0) is 31.7 Å². The molecule has 2 atom stereocenters. The molecule has 1 unspecified atom stereocenters. The summed E-state index contributed by atoms with van der Waals surface area (Å²) in [6.45, 7) is 8.06. The fourth-order valence-electron chi connectivity index (χ4n) is 2.31. The Morgan fingerprint density at radius 2 is 2.27 bits per heavy atom. The van der Waals surface area contributed by atoms with Gasteiger partial charge >= 0.3 is 0 Å². The van der Waals surface area contributed by atoms with Crippen LogP contribution in [0.3, 0.4) is 0 Å². The lowest BCUT2D eigenvalue weighted by Gasteiger charge is -2.23. The highest BCUT2D eigenvalue weighted by Crippen LogP contribution is 2.22. The van der Waals surface area contributed by atoms with Gasteiger partial charge in [0.05, 0.1) is 11.4 Å². The van der Waals surface area contributed by atoms with Crippen LogP contribution in [0, 0.1) is 0 Å². The summed E-state index contributed by atoms with van der Waals surface area (Å²) in [5.74, 6) is 1.18. The van der Waals surface area contributed by atoms with Crippen molar-refractivity contribution in [3.8, 4) is 10.8 Å². The number of nitrogens with one attached hydrogen (secondary N) is 2. The van der Waals surface area contributed by atoms with Crippen LogP contribution in [0.4, 0.5) is 0 Å². The van der Waals surface area contributed by atoms with Crippen molar-refractivity contribution in [1.29, 1.82) is 0 Å². The first-order chi connectivity index (χ1) is 10.7. The van der Waals surface area contributed by atoms with Gasteiger partial charge in [0, 0.05) is 6.54 Å². The minimum Gasteiger partial charge on any atom is -0.414 e. The average molecular weight is 323 g/mol. The van der Waals surface area contributed by atoms with E-state index in [0.29, 0.717) is 24.9 Å². The summed E-state index contributed by atoms with van der Waals surface area (Å²) >= 11 is 1.57. The van der Waals surface area contributed by atoms with Crippen LogP contribution in [0.2, 0.25) is 0 Å². The molecule has 0 radical (unpaired) electrons. The second-order valence-electron chi connectivity index (χ2n) is 5.18.